The van der Waals surface area contributed by atoms with Gasteiger partial charge in [0, 0.05) is 0 Å². The minimum absolute atomic E-state index is 0.606. The normalized spacial score (nSPS) is 8.00. The molecule has 0 saturated carbocycles. The van der Waals surface area contributed by atoms with E-state index in [1.165, 1.54) is 0 Å². The zero-order chi connectivity index (χ0) is 8.69. The summed E-state index contributed by atoms with van der Waals surface area (Å²) in [6, 6.07) is 7.19. The molecule has 0 unspecified atom stereocenters. The molecular formula is C6H7BCl2O2. The Balaban J connectivity index is 0.000000292. The fraction of sp³-hybridized carbons (Fsp3) is 0. The van der Waals surface area contributed by atoms with Crippen molar-refractivity contribution >= 4 is 30.9 Å². The van der Waals surface area contributed by atoms with Crippen LogP contribution in [0.25, 0.3) is 0 Å². The third kappa shape index (κ3) is 5.10. The van der Waals surface area contributed by atoms with Gasteiger partial charge >= 0.3 is 7.69 Å². The second-order valence-corrected chi connectivity index (χ2v) is 2.37. The number of rotatable bonds is 0. The van der Waals surface area contributed by atoms with Crippen molar-refractivity contribution in [3.05, 3.63) is 34.3 Å². The molecule has 0 aromatic heterocycles. The summed E-state index contributed by atoms with van der Waals surface area (Å²) in [7, 11) is -0.750. The Morgan fingerprint density at radius 3 is 1.45 bits per heavy atom. The van der Waals surface area contributed by atoms with Crippen molar-refractivity contribution in [1.29, 1.82) is 0 Å². The summed E-state index contributed by atoms with van der Waals surface area (Å²) >= 11 is 11.2. The molecule has 0 aliphatic carbocycles. The zero-order valence-electron chi connectivity index (χ0n) is 5.67. The first-order valence-electron chi connectivity index (χ1n) is 2.84. The maximum absolute atomic E-state index is 7.12. The molecule has 0 radical (unpaired) electrons. The van der Waals surface area contributed by atoms with E-state index in [-0.39, 0.29) is 0 Å². The van der Waals surface area contributed by atoms with Crippen LogP contribution in [0.3, 0.4) is 0 Å². The van der Waals surface area contributed by atoms with Gasteiger partial charge < -0.3 is 10.0 Å². The van der Waals surface area contributed by atoms with Crippen molar-refractivity contribution in [2.45, 2.75) is 0 Å². The number of benzene rings is 1. The van der Waals surface area contributed by atoms with E-state index >= 15 is 0 Å². The van der Waals surface area contributed by atoms with Gasteiger partial charge in [-0.1, -0.05) is 35.3 Å². The molecule has 0 aliphatic heterocycles. The molecule has 0 atom stereocenters. The lowest BCUT2D eigenvalue weighted by molar-refractivity contribution is 0.448. The van der Waals surface area contributed by atoms with Crippen LogP contribution < -0.4 is 0 Å². The van der Waals surface area contributed by atoms with Gasteiger partial charge in [0.05, 0.1) is 10.0 Å². The summed E-state index contributed by atoms with van der Waals surface area (Å²) < 4.78 is 0. The van der Waals surface area contributed by atoms with Gasteiger partial charge in [-0.25, -0.2) is 0 Å². The topological polar surface area (TPSA) is 40.5 Å². The second-order valence-electron chi connectivity index (χ2n) is 1.56. The van der Waals surface area contributed by atoms with Crippen LogP contribution in [-0.4, -0.2) is 17.7 Å². The average Bonchev–Trinajstić information content (AvgIpc) is 1.97. The summed E-state index contributed by atoms with van der Waals surface area (Å²) in [5.74, 6) is 0. The molecular weight excluding hydrogens is 186 g/mol. The molecule has 1 aromatic carbocycles. The van der Waals surface area contributed by atoms with Crippen LogP contribution in [0.15, 0.2) is 24.3 Å². The monoisotopic (exact) mass is 192 g/mol. The van der Waals surface area contributed by atoms with Crippen molar-refractivity contribution in [2.75, 3.05) is 0 Å². The van der Waals surface area contributed by atoms with Gasteiger partial charge in [0.1, 0.15) is 0 Å². The Morgan fingerprint density at radius 2 is 1.27 bits per heavy atom. The number of hydrogen-bond donors (Lipinski definition) is 2. The highest BCUT2D eigenvalue weighted by Gasteiger charge is 1.89. The van der Waals surface area contributed by atoms with Crippen LogP contribution in [0.4, 0.5) is 0 Å². The van der Waals surface area contributed by atoms with E-state index in [1.807, 2.05) is 12.1 Å². The molecule has 0 fully saturated rings. The highest BCUT2D eigenvalue weighted by Crippen LogP contribution is 2.19. The third-order valence-corrected chi connectivity index (χ3v) is 1.58. The Kier molecular flexibility index (Phi) is 6.37. The summed E-state index contributed by atoms with van der Waals surface area (Å²) in [6.07, 6.45) is 0. The maximum Gasteiger partial charge on any atom is 0.432 e. The average molecular weight is 193 g/mol. The lowest BCUT2D eigenvalue weighted by Gasteiger charge is -1.88. The number of hydrogen-bond acceptors (Lipinski definition) is 2. The number of halogens is 2. The van der Waals surface area contributed by atoms with Gasteiger partial charge in [0.15, 0.2) is 0 Å². The summed E-state index contributed by atoms with van der Waals surface area (Å²) in [5, 5.41) is 15.5. The van der Waals surface area contributed by atoms with E-state index in [9.17, 15) is 0 Å². The molecule has 60 valence electrons. The highest BCUT2D eigenvalue weighted by atomic mass is 35.5. The second kappa shape index (κ2) is 6.49. The van der Waals surface area contributed by atoms with E-state index in [0.29, 0.717) is 10.0 Å². The highest BCUT2D eigenvalue weighted by molar-refractivity contribution is 6.41. The largest absolute Gasteiger partial charge is 0.432 e. The van der Waals surface area contributed by atoms with Crippen LogP contribution in [0, 0.1) is 0 Å². The molecule has 2 nitrogen and oxygen atoms in total. The van der Waals surface area contributed by atoms with E-state index in [1.54, 1.807) is 12.1 Å². The van der Waals surface area contributed by atoms with E-state index in [2.05, 4.69) is 0 Å². The molecule has 1 rings (SSSR count). The minimum Gasteiger partial charge on any atom is -0.430 e. The Morgan fingerprint density at radius 1 is 1.00 bits per heavy atom. The van der Waals surface area contributed by atoms with Gasteiger partial charge in [-0.05, 0) is 12.1 Å². The summed E-state index contributed by atoms with van der Waals surface area (Å²) in [4.78, 5) is 0. The maximum atomic E-state index is 7.12. The molecule has 11 heavy (non-hydrogen) atoms. The van der Waals surface area contributed by atoms with Gasteiger partial charge in [-0.3, -0.25) is 0 Å². The SMILES string of the molecule is Clc1ccccc1Cl.OBO. The standard InChI is InChI=1S/C6H4Cl2.BH3O2/c7-5-3-1-2-4-6(5)8;2-1-3/h1-4H;1-3H. The summed E-state index contributed by atoms with van der Waals surface area (Å²) in [5.41, 5.74) is 0. The molecule has 0 aliphatic rings. The lowest BCUT2D eigenvalue weighted by atomic mass is 10.4. The Labute approximate surface area is 75.7 Å². The van der Waals surface area contributed by atoms with Crippen LogP contribution in [0.1, 0.15) is 0 Å². The molecule has 0 bridgehead atoms. The molecule has 2 N–H and O–H groups in total. The Bertz CT molecular complexity index is 187. The van der Waals surface area contributed by atoms with Crippen molar-refractivity contribution in [1.82, 2.24) is 0 Å². The predicted octanol–water partition coefficient (Wildman–Crippen LogP) is 1.23. The predicted molar refractivity (Wildman–Crippen MR) is 48.0 cm³/mol. The van der Waals surface area contributed by atoms with Gasteiger partial charge in [0.25, 0.3) is 0 Å². The fourth-order valence-electron chi connectivity index (χ4n) is 0.439. The van der Waals surface area contributed by atoms with Crippen molar-refractivity contribution in [3.63, 3.8) is 0 Å². The molecule has 0 spiro atoms. The zero-order valence-corrected chi connectivity index (χ0v) is 7.18. The fourth-order valence-corrected chi connectivity index (χ4v) is 0.711. The molecule has 0 amide bonds. The summed E-state index contributed by atoms with van der Waals surface area (Å²) in [6.45, 7) is 0. The van der Waals surface area contributed by atoms with E-state index in [0.717, 1.165) is 0 Å². The van der Waals surface area contributed by atoms with E-state index in [4.69, 9.17) is 33.2 Å². The smallest absolute Gasteiger partial charge is 0.430 e. The van der Waals surface area contributed by atoms with Gasteiger partial charge in [0.2, 0.25) is 0 Å². The van der Waals surface area contributed by atoms with Gasteiger partial charge in [-0.2, -0.15) is 0 Å². The van der Waals surface area contributed by atoms with Gasteiger partial charge in [-0.15, -0.1) is 0 Å². The molecule has 0 heterocycles. The third-order valence-electron chi connectivity index (χ3n) is 0.824. The van der Waals surface area contributed by atoms with Crippen LogP contribution in [-0.2, 0) is 0 Å². The van der Waals surface area contributed by atoms with Crippen LogP contribution >= 0.6 is 23.2 Å². The first-order valence-corrected chi connectivity index (χ1v) is 3.59. The molecule has 1 aromatic rings. The van der Waals surface area contributed by atoms with E-state index < -0.39 is 7.69 Å². The lowest BCUT2D eigenvalue weighted by Crippen LogP contribution is -1.75. The van der Waals surface area contributed by atoms with Crippen molar-refractivity contribution in [2.24, 2.45) is 0 Å². The van der Waals surface area contributed by atoms with Crippen LogP contribution in [0.2, 0.25) is 10.0 Å². The van der Waals surface area contributed by atoms with Crippen molar-refractivity contribution < 1.29 is 10.0 Å². The first-order chi connectivity index (χ1) is 5.22. The van der Waals surface area contributed by atoms with Crippen molar-refractivity contribution in [3.8, 4) is 0 Å². The molecule has 0 saturated heterocycles. The van der Waals surface area contributed by atoms with Crippen LogP contribution in [0.5, 0.6) is 0 Å². The minimum atomic E-state index is -0.750. The first kappa shape index (κ1) is 10.8. The molecule has 5 heteroatoms. The Hall–Kier alpha value is -0.215. The quantitative estimate of drug-likeness (QED) is 0.608.